The highest BCUT2D eigenvalue weighted by molar-refractivity contribution is 6.08. The van der Waals surface area contributed by atoms with Crippen molar-refractivity contribution < 1.29 is 31.9 Å². The van der Waals surface area contributed by atoms with Gasteiger partial charge in [-0.1, -0.05) is 20.8 Å². The van der Waals surface area contributed by atoms with Crippen LogP contribution in [0.3, 0.4) is 0 Å². The van der Waals surface area contributed by atoms with Crippen LogP contribution in [0, 0.1) is 11.2 Å². The molecule has 31 heavy (non-hydrogen) atoms. The number of carbonyl (C=O) groups is 3. The minimum atomic E-state index is -4.85. The van der Waals surface area contributed by atoms with Crippen LogP contribution in [-0.4, -0.2) is 44.9 Å². The zero-order valence-electron chi connectivity index (χ0n) is 16.6. The Morgan fingerprint density at radius 3 is 2.42 bits per heavy atom. The summed E-state index contributed by atoms with van der Waals surface area (Å²) in [7, 11) is 0. The number of hydrogen-bond acceptors (Lipinski definition) is 5. The zero-order chi connectivity index (χ0) is 23.2. The molecule has 2 heterocycles. The zero-order valence-corrected chi connectivity index (χ0v) is 16.6. The van der Waals surface area contributed by atoms with Gasteiger partial charge in [0.1, 0.15) is 11.4 Å². The van der Waals surface area contributed by atoms with Crippen LogP contribution in [0.15, 0.2) is 24.4 Å². The van der Waals surface area contributed by atoms with Crippen LogP contribution in [0.2, 0.25) is 0 Å². The van der Waals surface area contributed by atoms with Gasteiger partial charge in [0.05, 0.1) is 24.0 Å². The van der Waals surface area contributed by atoms with Crippen molar-refractivity contribution in [2.75, 3.05) is 6.54 Å². The van der Waals surface area contributed by atoms with Crippen LogP contribution < -0.4 is 16.0 Å². The first-order valence-electron chi connectivity index (χ1n) is 8.96. The fourth-order valence-corrected chi connectivity index (χ4v) is 3.06. The molecule has 0 bridgehead atoms. The molecule has 0 unspecified atom stereocenters. The van der Waals surface area contributed by atoms with E-state index in [2.05, 4.69) is 26.1 Å². The first-order chi connectivity index (χ1) is 14.2. The molecular weight excluding hydrogens is 424 g/mol. The summed E-state index contributed by atoms with van der Waals surface area (Å²) < 4.78 is 51.8. The molecule has 0 spiro atoms. The van der Waals surface area contributed by atoms with Crippen molar-refractivity contribution in [1.29, 1.82) is 0 Å². The Morgan fingerprint density at radius 1 is 1.23 bits per heavy atom. The summed E-state index contributed by atoms with van der Waals surface area (Å²) in [6.07, 6.45) is -3.82. The molecule has 2 aromatic rings. The normalized spacial score (nSPS) is 19.2. The van der Waals surface area contributed by atoms with Crippen LogP contribution in [-0.2, 0) is 11.0 Å². The average Bonchev–Trinajstić information content (AvgIpc) is 3.23. The summed E-state index contributed by atoms with van der Waals surface area (Å²) in [6.45, 7) is 4.87. The number of carbonyl (C=O) groups excluding carboxylic acids is 3. The number of halogens is 4. The molecule has 1 atom stereocenters. The Bertz CT molecular complexity index is 1060. The van der Waals surface area contributed by atoms with Crippen LogP contribution >= 0.6 is 0 Å². The molecule has 0 radical (unpaired) electrons. The Labute approximate surface area is 173 Å². The second kappa shape index (κ2) is 7.32. The van der Waals surface area contributed by atoms with Crippen molar-refractivity contribution in [2.24, 2.45) is 5.41 Å². The first kappa shape index (κ1) is 22.2. The topological polar surface area (TPSA) is 118 Å². The Morgan fingerprint density at radius 2 is 1.90 bits per heavy atom. The number of urea groups is 1. The van der Waals surface area contributed by atoms with E-state index in [1.165, 1.54) is 0 Å². The quantitative estimate of drug-likeness (QED) is 0.493. The molecule has 9 nitrogen and oxygen atoms in total. The highest BCUT2D eigenvalue weighted by Crippen LogP contribution is 2.33. The molecule has 13 heteroatoms. The van der Waals surface area contributed by atoms with E-state index >= 15 is 0 Å². The molecule has 0 aliphatic carbocycles. The summed E-state index contributed by atoms with van der Waals surface area (Å²) in [6, 6.07) is 1.41. The molecule has 3 rings (SSSR count). The summed E-state index contributed by atoms with van der Waals surface area (Å²) in [4.78, 5) is 37.2. The van der Waals surface area contributed by atoms with Gasteiger partial charge in [-0.15, -0.1) is 5.10 Å². The third-order valence-electron chi connectivity index (χ3n) is 4.95. The number of imide groups is 1. The van der Waals surface area contributed by atoms with Crippen molar-refractivity contribution in [2.45, 2.75) is 32.5 Å². The molecule has 1 aromatic carbocycles. The van der Waals surface area contributed by atoms with Gasteiger partial charge >= 0.3 is 12.2 Å². The average molecular weight is 442 g/mol. The number of nitrogens with zero attached hydrogens (tertiary/aromatic N) is 3. The minimum Gasteiger partial charge on any atom is -0.348 e. The third kappa shape index (κ3) is 4.07. The van der Waals surface area contributed by atoms with E-state index in [1.807, 2.05) is 0 Å². The molecule has 1 aliphatic rings. The maximum Gasteiger partial charge on any atom is 0.419 e. The molecule has 1 aliphatic heterocycles. The third-order valence-corrected chi connectivity index (χ3v) is 4.95. The standard InChI is InChI=1S/C18H18F4N6O3/c1-16(2,3)17(14(30)25-15(31)26-17)8-23-13(29)12-7-24-28(27-12)9-4-5-10(11(19)6-9)18(20,21)22/h4-7H,8H2,1-3H3,(H,23,29)(H2,25,26,30,31)/t17-/m1/s1. The second-order valence-electron chi connectivity index (χ2n) is 7.93. The number of nitrogens with one attached hydrogen (secondary N) is 3. The monoisotopic (exact) mass is 442 g/mol. The molecular formula is C18H18F4N6O3. The summed E-state index contributed by atoms with van der Waals surface area (Å²) in [5, 5.41) is 14.8. The van der Waals surface area contributed by atoms with E-state index in [4.69, 9.17) is 0 Å². The molecule has 3 N–H and O–H groups in total. The molecule has 0 saturated carbocycles. The van der Waals surface area contributed by atoms with Crippen LogP contribution in [0.1, 0.15) is 36.8 Å². The predicted molar refractivity (Wildman–Crippen MR) is 97.5 cm³/mol. The van der Waals surface area contributed by atoms with Crippen molar-refractivity contribution in [3.05, 3.63) is 41.5 Å². The van der Waals surface area contributed by atoms with E-state index in [0.717, 1.165) is 17.1 Å². The number of benzene rings is 1. The van der Waals surface area contributed by atoms with Crippen molar-refractivity contribution in [1.82, 2.24) is 30.9 Å². The van der Waals surface area contributed by atoms with Gasteiger partial charge in [0, 0.05) is 6.07 Å². The van der Waals surface area contributed by atoms with Gasteiger partial charge in [-0.05, 0) is 17.5 Å². The fourth-order valence-electron chi connectivity index (χ4n) is 3.06. The van der Waals surface area contributed by atoms with Crippen LogP contribution in [0.5, 0.6) is 0 Å². The molecule has 166 valence electrons. The van der Waals surface area contributed by atoms with E-state index in [-0.39, 0.29) is 17.9 Å². The van der Waals surface area contributed by atoms with Gasteiger partial charge in [0.15, 0.2) is 5.69 Å². The smallest absolute Gasteiger partial charge is 0.348 e. The fraction of sp³-hybridized carbons (Fsp3) is 0.389. The number of hydrogen-bond donors (Lipinski definition) is 3. The van der Waals surface area contributed by atoms with Crippen molar-refractivity contribution in [3.63, 3.8) is 0 Å². The lowest BCUT2D eigenvalue weighted by Crippen LogP contribution is -2.63. The SMILES string of the molecule is CC(C)(C)[C@]1(CNC(=O)c2cnn(-c3ccc(C(F)(F)F)c(F)c3)n2)NC(=O)NC1=O. The molecule has 4 amide bonds. The maximum atomic E-state index is 13.8. The number of rotatable bonds is 4. The molecule has 1 saturated heterocycles. The molecule has 1 fully saturated rings. The summed E-state index contributed by atoms with van der Waals surface area (Å²) >= 11 is 0. The van der Waals surface area contributed by atoms with Gasteiger partial charge < -0.3 is 10.6 Å². The Kier molecular flexibility index (Phi) is 5.24. The second-order valence-corrected chi connectivity index (χ2v) is 7.93. The van der Waals surface area contributed by atoms with Crippen molar-refractivity contribution in [3.8, 4) is 5.69 Å². The van der Waals surface area contributed by atoms with E-state index in [9.17, 15) is 31.9 Å². The molecule has 1 aromatic heterocycles. The van der Waals surface area contributed by atoms with Gasteiger partial charge in [0.25, 0.3) is 11.8 Å². The van der Waals surface area contributed by atoms with Gasteiger partial charge in [-0.25, -0.2) is 9.18 Å². The summed E-state index contributed by atoms with van der Waals surface area (Å²) in [5.41, 5.74) is -3.96. The van der Waals surface area contributed by atoms with Crippen molar-refractivity contribution >= 4 is 17.8 Å². The largest absolute Gasteiger partial charge is 0.419 e. The lowest BCUT2D eigenvalue weighted by atomic mass is 9.73. The number of aromatic nitrogens is 3. The highest BCUT2D eigenvalue weighted by Gasteiger charge is 2.54. The number of amides is 4. The van der Waals surface area contributed by atoms with Gasteiger partial charge in [0.2, 0.25) is 0 Å². The van der Waals surface area contributed by atoms with Gasteiger partial charge in [-0.2, -0.15) is 23.1 Å². The van der Waals surface area contributed by atoms with E-state index in [0.29, 0.717) is 12.1 Å². The predicted octanol–water partition coefficient (Wildman–Crippen LogP) is 1.78. The minimum absolute atomic E-state index is 0.127. The lowest BCUT2D eigenvalue weighted by molar-refractivity contribution is -0.140. The van der Waals surface area contributed by atoms with E-state index in [1.54, 1.807) is 20.8 Å². The van der Waals surface area contributed by atoms with Gasteiger partial charge in [-0.3, -0.25) is 14.9 Å². The highest BCUT2D eigenvalue weighted by atomic mass is 19.4. The number of alkyl halides is 3. The Hall–Kier alpha value is -3.51. The maximum absolute atomic E-state index is 13.8. The van der Waals surface area contributed by atoms with Crippen LogP contribution in [0.4, 0.5) is 22.4 Å². The lowest BCUT2D eigenvalue weighted by Gasteiger charge is -2.38. The van der Waals surface area contributed by atoms with E-state index < -0.39 is 46.4 Å². The Balaban J connectivity index is 1.77. The van der Waals surface area contributed by atoms with Crippen LogP contribution in [0.25, 0.3) is 5.69 Å². The summed E-state index contributed by atoms with van der Waals surface area (Å²) in [5.74, 6) is -2.87. The first-order valence-corrected chi connectivity index (χ1v) is 8.96.